The van der Waals surface area contributed by atoms with Crippen LogP contribution in [0.15, 0.2) is 121 Å². The van der Waals surface area contributed by atoms with E-state index in [-0.39, 0.29) is 15.8 Å². The van der Waals surface area contributed by atoms with E-state index >= 15 is 0 Å². The monoisotopic (exact) mass is 788 g/mol. The molecule has 0 aromatic heterocycles. The molecule has 0 bridgehead atoms. The van der Waals surface area contributed by atoms with E-state index in [1.807, 2.05) is 0 Å². The Kier molecular flexibility index (Phi) is 14.1. The number of fused-ring (bicyclic) bond motifs is 2. The Morgan fingerprint density at radius 3 is 1.00 bits per heavy atom. The average Bonchev–Trinajstić information content (AvgIpc) is 3.63. The van der Waals surface area contributed by atoms with E-state index in [1.54, 1.807) is 0 Å². The first-order valence-electron chi connectivity index (χ1n) is 17.8. The third kappa shape index (κ3) is 10.7. The summed E-state index contributed by atoms with van der Waals surface area (Å²) in [6.07, 6.45) is 0. The van der Waals surface area contributed by atoms with E-state index < -0.39 is 17.0 Å². The fraction of sp³-hybridized carbons (Fsp3) is 0.348. The number of benzene rings is 4. The molecular formula is C46H56Cl2P2Ti-2. The minimum atomic E-state index is -0.556. The molecule has 0 aliphatic carbocycles. The Hall–Kier alpha value is -1.75. The third-order valence-corrected chi connectivity index (χ3v) is 15.8. The summed E-state index contributed by atoms with van der Waals surface area (Å²) < 4.78 is 0. The summed E-state index contributed by atoms with van der Waals surface area (Å²) in [5.74, 6) is 0. The Bertz CT molecular complexity index is 1810. The first kappa shape index (κ1) is 42.0. The van der Waals surface area contributed by atoms with Crippen LogP contribution < -0.4 is 10.6 Å². The van der Waals surface area contributed by atoms with E-state index in [0.717, 1.165) is 0 Å². The van der Waals surface area contributed by atoms with Gasteiger partial charge in [0.05, 0.1) is 0 Å². The van der Waals surface area contributed by atoms with Gasteiger partial charge in [0.2, 0.25) is 0 Å². The molecule has 0 nitrogen and oxygen atoms in total. The van der Waals surface area contributed by atoms with Crippen molar-refractivity contribution in [2.75, 3.05) is 0 Å². The molecule has 6 aromatic carbocycles. The zero-order valence-corrected chi connectivity index (χ0v) is 37.6. The van der Waals surface area contributed by atoms with E-state index in [4.69, 9.17) is 18.6 Å². The molecule has 51 heavy (non-hydrogen) atoms. The van der Waals surface area contributed by atoms with Gasteiger partial charge < -0.3 is 0 Å². The molecule has 270 valence electrons. The Morgan fingerprint density at radius 1 is 0.431 bits per heavy atom. The summed E-state index contributed by atoms with van der Waals surface area (Å²) in [6.45, 7) is 28.7. The molecule has 0 atom stereocenters. The molecule has 0 fully saturated rings. The second-order valence-electron chi connectivity index (χ2n) is 17.2. The van der Waals surface area contributed by atoms with Crippen molar-refractivity contribution in [3.8, 4) is 22.3 Å². The van der Waals surface area contributed by atoms with Gasteiger partial charge in [0, 0.05) is 0 Å². The van der Waals surface area contributed by atoms with Gasteiger partial charge in [0.1, 0.15) is 0 Å². The molecule has 5 heteroatoms. The first-order valence-corrected chi connectivity index (χ1v) is 24.8. The van der Waals surface area contributed by atoms with Gasteiger partial charge in [-0.15, -0.1) is 68.6 Å². The molecule has 0 aliphatic rings. The maximum atomic E-state index is 4.89. The standard InChI is InChI=1S/2C23H28P.2ClH.Ti/c2*1-22(2,3)24(23(4,5)6)19-15-18-13-10-14-20(21(18)16-19)17-11-8-7-9-12-17;;;/h2*7-16H,1-6H3;2*1H;/q2*-1;;;+2/p-2. The van der Waals surface area contributed by atoms with Gasteiger partial charge >= 0.3 is 35.6 Å². The van der Waals surface area contributed by atoms with Crippen LogP contribution in [0.3, 0.4) is 0 Å². The van der Waals surface area contributed by atoms with Gasteiger partial charge in [-0.2, -0.15) is 12.1 Å². The van der Waals surface area contributed by atoms with E-state index in [1.165, 1.54) is 54.4 Å². The number of halogens is 2. The van der Waals surface area contributed by atoms with Crippen LogP contribution in [0, 0.1) is 0 Å². The van der Waals surface area contributed by atoms with Gasteiger partial charge in [-0.25, -0.2) is 0 Å². The van der Waals surface area contributed by atoms with E-state index in [2.05, 4.69) is 204 Å². The Labute approximate surface area is 328 Å². The molecule has 0 amide bonds. The Morgan fingerprint density at radius 2 is 0.725 bits per heavy atom. The second-order valence-corrected chi connectivity index (χ2v) is 27.5. The van der Waals surface area contributed by atoms with Gasteiger partial charge in [0.15, 0.2) is 0 Å². The molecule has 0 radical (unpaired) electrons. The number of hydrogen-bond acceptors (Lipinski definition) is 0. The van der Waals surface area contributed by atoms with Gasteiger partial charge in [-0.05, 0) is 31.8 Å². The Balaban J connectivity index is 0.000000212. The van der Waals surface area contributed by atoms with Gasteiger partial charge in [-0.3, -0.25) is 0 Å². The normalized spacial score (nSPS) is 12.5. The topological polar surface area (TPSA) is 0 Å². The van der Waals surface area contributed by atoms with Crippen molar-refractivity contribution in [2.45, 2.75) is 104 Å². The van der Waals surface area contributed by atoms with Crippen molar-refractivity contribution in [1.82, 2.24) is 0 Å². The predicted octanol–water partition coefficient (Wildman–Crippen LogP) is 15.2. The third-order valence-electron chi connectivity index (χ3n) is 8.84. The fourth-order valence-corrected chi connectivity index (χ4v) is 16.2. The van der Waals surface area contributed by atoms with Crippen LogP contribution in [0.25, 0.3) is 43.8 Å². The molecule has 0 aliphatic heterocycles. The van der Waals surface area contributed by atoms with Crippen molar-refractivity contribution in [3.63, 3.8) is 0 Å². The molecule has 6 aromatic rings. The summed E-state index contributed by atoms with van der Waals surface area (Å²) in [5.41, 5.74) is 5.29. The SMILES string of the molecule is CC(C)(C)P(c1cc2c(-c3ccccc3)cccc2[cH-]1)C(C)(C)C.CC(C)(C)P(c1cc2c(-c3ccccc3)cccc2[cH-]1)C(C)(C)C.[Cl][Ti][Cl]. The van der Waals surface area contributed by atoms with E-state index in [9.17, 15) is 0 Å². The average molecular weight is 790 g/mol. The van der Waals surface area contributed by atoms with Crippen LogP contribution >= 0.6 is 34.5 Å². The molecule has 0 spiro atoms. The number of rotatable bonds is 4. The van der Waals surface area contributed by atoms with E-state index in [0.29, 0.717) is 20.6 Å². The molecule has 0 N–H and O–H groups in total. The summed E-state index contributed by atoms with van der Waals surface area (Å²) in [5, 5.41) is 9.76. The number of hydrogen-bond donors (Lipinski definition) is 0. The van der Waals surface area contributed by atoms with Crippen LogP contribution in [0.2, 0.25) is 0 Å². The van der Waals surface area contributed by atoms with Crippen molar-refractivity contribution in [1.29, 1.82) is 0 Å². The van der Waals surface area contributed by atoms with Crippen molar-refractivity contribution < 1.29 is 17.0 Å². The van der Waals surface area contributed by atoms with Crippen LogP contribution in [-0.2, 0) is 17.0 Å². The van der Waals surface area contributed by atoms with Gasteiger partial charge in [-0.1, -0.05) is 183 Å². The summed E-state index contributed by atoms with van der Waals surface area (Å²) in [6, 6.07) is 44.6. The fourth-order valence-electron chi connectivity index (χ4n) is 8.00. The van der Waals surface area contributed by atoms with Crippen LogP contribution in [0.5, 0.6) is 0 Å². The predicted molar refractivity (Wildman–Crippen MR) is 234 cm³/mol. The molecule has 0 saturated heterocycles. The van der Waals surface area contributed by atoms with Gasteiger partial charge in [0.25, 0.3) is 0 Å². The van der Waals surface area contributed by atoms with Crippen molar-refractivity contribution >= 4 is 66.6 Å². The molecule has 0 heterocycles. The maximum absolute atomic E-state index is 4.89. The molecule has 6 rings (SSSR count). The first-order chi connectivity index (χ1) is 23.8. The summed E-state index contributed by atoms with van der Waals surface area (Å²) in [4.78, 5) is 0. The zero-order valence-electron chi connectivity index (χ0n) is 32.7. The van der Waals surface area contributed by atoms with Crippen LogP contribution in [0.1, 0.15) is 83.1 Å². The molecule has 0 saturated carbocycles. The van der Waals surface area contributed by atoms with Crippen molar-refractivity contribution in [2.24, 2.45) is 0 Å². The summed E-state index contributed by atoms with van der Waals surface area (Å²) in [7, 11) is 9.25. The van der Waals surface area contributed by atoms with Crippen LogP contribution in [-0.4, -0.2) is 20.6 Å². The van der Waals surface area contributed by atoms with Crippen molar-refractivity contribution in [3.05, 3.63) is 121 Å². The zero-order chi connectivity index (χ0) is 37.8. The molecule has 0 unspecified atom stereocenters. The van der Waals surface area contributed by atoms with Crippen LogP contribution in [0.4, 0.5) is 0 Å². The minimum absolute atomic E-state index is 0.266. The quantitative estimate of drug-likeness (QED) is 0.0948. The summed E-state index contributed by atoms with van der Waals surface area (Å²) >= 11 is -0.556. The molecular weight excluding hydrogens is 733 g/mol. The second kappa shape index (κ2) is 17.2.